The van der Waals surface area contributed by atoms with E-state index in [1.165, 1.54) is 0 Å². The third-order valence-electron chi connectivity index (χ3n) is 4.39. The molecule has 8 heteroatoms. The van der Waals surface area contributed by atoms with Crippen LogP contribution in [0, 0.1) is 0 Å². The Morgan fingerprint density at radius 1 is 1.14 bits per heavy atom. The van der Waals surface area contributed by atoms with E-state index in [2.05, 4.69) is 20.6 Å². The van der Waals surface area contributed by atoms with Gasteiger partial charge in [0, 0.05) is 45.5 Å². The van der Waals surface area contributed by atoms with E-state index >= 15 is 0 Å². The van der Waals surface area contributed by atoms with Crippen molar-refractivity contribution in [1.82, 2.24) is 20.5 Å². The second-order valence-electron chi connectivity index (χ2n) is 6.36. The summed E-state index contributed by atoms with van der Waals surface area (Å²) in [7, 11) is 6.66. The number of nitrogens with one attached hydrogen (secondary N) is 2. The smallest absolute Gasteiger partial charge is 0.241 e. The molecule has 0 aliphatic carbocycles. The van der Waals surface area contributed by atoms with Gasteiger partial charge in [-0.15, -0.1) is 0 Å². The molecule has 2 N–H and O–H groups in total. The SMILES string of the molecule is CN=C(NCC(=O)N(C)CCc1ccccn1)NCc1ccc(OC)c(OC)c1. The predicted molar refractivity (Wildman–Crippen MR) is 113 cm³/mol. The van der Waals surface area contributed by atoms with Crippen LogP contribution in [0.4, 0.5) is 0 Å². The fraction of sp³-hybridized carbons (Fsp3) is 0.381. The molecule has 0 fully saturated rings. The summed E-state index contributed by atoms with van der Waals surface area (Å²) in [5.41, 5.74) is 1.97. The van der Waals surface area contributed by atoms with Crippen LogP contribution in [0.2, 0.25) is 0 Å². The number of guanidine groups is 1. The van der Waals surface area contributed by atoms with Crippen LogP contribution in [-0.2, 0) is 17.8 Å². The Morgan fingerprint density at radius 2 is 1.93 bits per heavy atom. The Labute approximate surface area is 172 Å². The number of methoxy groups -OCH3 is 2. The molecule has 0 aliphatic heterocycles. The average molecular weight is 399 g/mol. The zero-order valence-corrected chi connectivity index (χ0v) is 17.4. The molecule has 0 radical (unpaired) electrons. The number of amides is 1. The first-order valence-corrected chi connectivity index (χ1v) is 9.36. The maximum absolute atomic E-state index is 12.3. The monoisotopic (exact) mass is 399 g/mol. The molecule has 0 bridgehead atoms. The van der Waals surface area contributed by atoms with Crippen molar-refractivity contribution >= 4 is 11.9 Å². The minimum absolute atomic E-state index is 0.0185. The summed E-state index contributed by atoms with van der Waals surface area (Å²) >= 11 is 0. The maximum atomic E-state index is 12.3. The first-order valence-electron chi connectivity index (χ1n) is 9.36. The first kappa shape index (κ1) is 22.0. The van der Waals surface area contributed by atoms with E-state index in [1.807, 2.05) is 36.4 Å². The number of nitrogens with zero attached hydrogens (tertiary/aromatic N) is 3. The number of hydrogen-bond donors (Lipinski definition) is 2. The van der Waals surface area contributed by atoms with Gasteiger partial charge in [-0.25, -0.2) is 0 Å². The van der Waals surface area contributed by atoms with Crippen LogP contribution in [-0.4, -0.2) is 63.2 Å². The van der Waals surface area contributed by atoms with Crippen molar-refractivity contribution in [2.24, 2.45) is 4.99 Å². The largest absolute Gasteiger partial charge is 0.493 e. The normalized spacial score (nSPS) is 11.0. The van der Waals surface area contributed by atoms with Crippen molar-refractivity contribution in [3.05, 3.63) is 53.9 Å². The number of pyridine rings is 1. The summed E-state index contributed by atoms with van der Waals surface area (Å²) in [4.78, 5) is 22.5. The molecule has 29 heavy (non-hydrogen) atoms. The Morgan fingerprint density at radius 3 is 2.59 bits per heavy atom. The van der Waals surface area contributed by atoms with Gasteiger partial charge in [-0.05, 0) is 29.8 Å². The lowest BCUT2D eigenvalue weighted by atomic mass is 10.2. The standard InChI is InChI=1S/C21H29N5O3/c1-22-21(24-14-16-8-9-18(28-3)19(13-16)29-4)25-15-20(27)26(2)12-10-17-7-5-6-11-23-17/h5-9,11,13H,10,12,14-15H2,1-4H3,(H2,22,24,25). The molecule has 0 spiro atoms. The molecule has 1 amide bonds. The summed E-state index contributed by atoms with van der Waals surface area (Å²) in [6.07, 6.45) is 2.47. The molecule has 0 aliphatic rings. The Bertz CT molecular complexity index is 811. The highest BCUT2D eigenvalue weighted by Crippen LogP contribution is 2.27. The molecule has 1 heterocycles. The summed E-state index contributed by atoms with van der Waals surface area (Å²) < 4.78 is 10.6. The van der Waals surface area contributed by atoms with Gasteiger partial charge in [0.15, 0.2) is 17.5 Å². The average Bonchev–Trinajstić information content (AvgIpc) is 2.77. The highest BCUT2D eigenvalue weighted by atomic mass is 16.5. The van der Waals surface area contributed by atoms with Crippen LogP contribution in [0.1, 0.15) is 11.3 Å². The lowest BCUT2D eigenvalue weighted by molar-refractivity contribution is -0.128. The number of aromatic nitrogens is 1. The van der Waals surface area contributed by atoms with Crippen LogP contribution in [0.25, 0.3) is 0 Å². The summed E-state index contributed by atoms with van der Waals surface area (Å²) in [5.74, 6) is 1.87. The second kappa shape index (κ2) is 11.5. The Balaban J connectivity index is 1.78. The molecular weight excluding hydrogens is 370 g/mol. The number of rotatable bonds is 9. The van der Waals surface area contributed by atoms with Gasteiger partial charge in [0.1, 0.15) is 0 Å². The van der Waals surface area contributed by atoms with E-state index in [-0.39, 0.29) is 12.5 Å². The van der Waals surface area contributed by atoms with Crippen molar-refractivity contribution in [3.8, 4) is 11.5 Å². The minimum atomic E-state index is -0.0185. The molecule has 0 saturated heterocycles. The number of carbonyl (C=O) groups excluding carboxylic acids is 1. The predicted octanol–water partition coefficient (Wildman–Crippen LogP) is 1.46. The van der Waals surface area contributed by atoms with E-state index in [4.69, 9.17) is 9.47 Å². The van der Waals surface area contributed by atoms with Crippen molar-refractivity contribution in [1.29, 1.82) is 0 Å². The van der Waals surface area contributed by atoms with Gasteiger partial charge in [-0.3, -0.25) is 14.8 Å². The number of ether oxygens (including phenoxy) is 2. The van der Waals surface area contributed by atoms with E-state index in [0.29, 0.717) is 30.5 Å². The number of likely N-dealkylation sites (N-methyl/N-ethyl adjacent to an activating group) is 1. The molecule has 0 unspecified atom stereocenters. The van der Waals surface area contributed by atoms with Gasteiger partial charge in [0.05, 0.1) is 20.8 Å². The number of aliphatic imine (C=N–C) groups is 1. The molecule has 1 aromatic carbocycles. The van der Waals surface area contributed by atoms with Crippen LogP contribution in [0.15, 0.2) is 47.6 Å². The van der Waals surface area contributed by atoms with Gasteiger partial charge in [0.2, 0.25) is 5.91 Å². The van der Waals surface area contributed by atoms with Crippen molar-refractivity contribution in [2.75, 3.05) is 41.4 Å². The van der Waals surface area contributed by atoms with Crippen molar-refractivity contribution < 1.29 is 14.3 Å². The molecule has 2 aromatic rings. The number of carbonyl (C=O) groups is 1. The molecule has 156 valence electrons. The quantitative estimate of drug-likeness (QED) is 0.490. The van der Waals surface area contributed by atoms with Gasteiger partial charge in [-0.2, -0.15) is 0 Å². The topological polar surface area (TPSA) is 88.1 Å². The number of hydrogen-bond acceptors (Lipinski definition) is 5. The minimum Gasteiger partial charge on any atom is -0.493 e. The van der Waals surface area contributed by atoms with E-state index < -0.39 is 0 Å². The zero-order chi connectivity index (χ0) is 21.1. The summed E-state index contributed by atoms with van der Waals surface area (Å²) in [6, 6.07) is 11.5. The van der Waals surface area contributed by atoms with Crippen LogP contribution in [0.3, 0.4) is 0 Å². The second-order valence-corrected chi connectivity index (χ2v) is 6.36. The Hall–Kier alpha value is -3.29. The van der Waals surface area contributed by atoms with Gasteiger partial charge >= 0.3 is 0 Å². The molecular formula is C21H29N5O3. The van der Waals surface area contributed by atoms with Gasteiger partial charge in [-0.1, -0.05) is 12.1 Å². The van der Waals surface area contributed by atoms with Crippen molar-refractivity contribution in [2.45, 2.75) is 13.0 Å². The highest BCUT2D eigenvalue weighted by molar-refractivity contribution is 5.86. The molecule has 0 atom stereocenters. The third-order valence-corrected chi connectivity index (χ3v) is 4.39. The van der Waals surface area contributed by atoms with Crippen LogP contribution >= 0.6 is 0 Å². The lowest BCUT2D eigenvalue weighted by Crippen LogP contribution is -2.43. The van der Waals surface area contributed by atoms with Gasteiger partial charge < -0.3 is 25.0 Å². The van der Waals surface area contributed by atoms with Crippen LogP contribution in [0.5, 0.6) is 11.5 Å². The first-order chi connectivity index (χ1) is 14.1. The fourth-order valence-corrected chi connectivity index (χ4v) is 2.64. The molecule has 0 saturated carbocycles. The zero-order valence-electron chi connectivity index (χ0n) is 17.4. The fourth-order valence-electron chi connectivity index (χ4n) is 2.64. The lowest BCUT2D eigenvalue weighted by Gasteiger charge is -2.18. The maximum Gasteiger partial charge on any atom is 0.241 e. The Kier molecular flexibility index (Phi) is 8.75. The van der Waals surface area contributed by atoms with E-state index in [0.717, 1.165) is 17.7 Å². The summed E-state index contributed by atoms with van der Waals surface area (Å²) in [6.45, 7) is 1.29. The van der Waals surface area contributed by atoms with E-state index in [1.54, 1.807) is 39.4 Å². The number of benzene rings is 1. The summed E-state index contributed by atoms with van der Waals surface area (Å²) in [5, 5.41) is 6.23. The third kappa shape index (κ3) is 6.99. The van der Waals surface area contributed by atoms with Gasteiger partial charge in [0.25, 0.3) is 0 Å². The highest BCUT2D eigenvalue weighted by Gasteiger charge is 2.10. The molecule has 8 nitrogen and oxygen atoms in total. The molecule has 1 aromatic heterocycles. The molecule has 2 rings (SSSR count). The van der Waals surface area contributed by atoms with Crippen LogP contribution < -0.4 is 20.1 Å². The van der Waals surface area contributed by atoms with E-state index in [9.17, 15) is 4.79 Å². The van der Waals surface area contributed by atoms with Crippen molar-refractivity contribution in [3.63, 3.8) is 0 Å².